The predicted octanol–water partition coefficient (Wildman–Crippen LogP) is 1.79. The molecule has 0 heterocycles. The van der Waals surface area contributed by atoms with E-state index in [0.717, 1.165) is 0 Å². The molecule has 0 aromatic rings. The molecule has 0 aliphatic heterocycles. The fourth-order valence-corrected chi connectivity index (χ4v) is 0.632. The van der Waals surface area contributed by atoms with E-state index in [4.69, 9.17) is 22.7 Å². The van der Waals surface area contributed by atoms with Gasteiger partial charge in [0.05, 0.1) is 0 Å². The van der Waals surface area contributed by atoms with E-state index in [1.807, 2.05) is 0 Å². The Balaban J connectivity index is 0. The maximum absolute atomic E-state index is 6.73. The zero-order chi connectivity index (χ0) is 6.57. The first-order valence-electron chi connectivity index (χ1n) is 1.93. The molecule has 0 unspecified atom stereocenters. The van der Waals surface area contributed by atoms with Crippen molar-refractivity contribution in [2.24, 2.45) is 5.73 Å². The van der Waals surface area contributed by atoms with Gasteiger partial charge in [0, 0.05) is 10.8 Å². The lowest BCUT2D eigenvalue weighted by Gasteiger charge is -1.92. The van der Waals surface area contributed by atoms with Crippen molar-refractivity contribution in [3.63, 3.8) is 0 Å². The summed E-state index contributed by atoms with van der Waals surface area (Å²) in [4.78, 5) is 0. The Morgan fingerprint density at radius 1 is 1.78 bits per heavy atom. The summed E-state index contributed by atoms with van der Waals surface area (Å²) in [5.41, 5.74) is 4.99. The van der Waals surface area contributed by atoms with Gasteiger partial charge in [-0.05, 0) is 0 Å². The van der Waals surface area contributed by atoms with Crippen LogP contribution in [0.3, 0.4) is 0 Å². The molecule has 0 spiro atoms. The molecule has 3 N–H and O–H groups in total. The molecule has 9 heavy (non-hydrogen) atoms. The van der Waals surface area contributed by atoms with Gasteiger partial charge in [-0.15, -0.1) is 12.4 Å². The van der Waals surface area contributed by atoms with Crippen LogP contribution in [0.25, 0.3) is 0 Å². The van der Waals surface area contributed by atoms with Gasteiger partial charge in [0.2, 0.25) is 0 Å². The van der Waals surface area contributed by atoms with Crippen LogP contribution in [-0.4, -0.2) is 10.9 Å². The van der Waals surface area contributed by atoms with Gasteiger partial charge < -0.3 is 5.73 Å². The van der Waals surface area contributed by atoms with Gasteiger partial charge in [-0.25, -0.2) is 0 Å². The molecule has 0 aliphatic rings. The Kier molecular flexibility index (Phi) is 8.27. The maximum atomic E-state index is 6.73. The van der Waals surface area contributed by atoms with Crippen LogP contribution >= 0.6 is 35.8 Å². The van der Waals surface area contributed by atoms with E-state index in [1.54, 1.807) is 0 Å². The van der Waals surface area contributed by atoms with Crippen molar-refractivity contribution in [1.29, 1.82) is 5.41 Å². The summed E-state index contributed by atoms with van der Waals surface area (Å²) in [5, 5.41) is 7.32. The lowest BCUT2D eigenvalue weighted by atomic mass is 10.7. The summed E-state index contributed by atoms with van der Waals surface area (Å²) in [7, 11) is 0. The lowest BCUT2D eigenvalue weighted by molar-refractivity contribution is 1.50. The van der Waals surface area contributed by atoms with Gasteiger partial charge in [-0.2, -0.15) is 0 Å². The maximum Gasteiger partial charge on any atom is 0.151 e. The highest BCUT2D eigenvalue weighted by Gasteiger charge is 1.90. The molecule has 2 nitrogen and oxygen atoms in total. The Bertz CT molecular complexity index is 101. The fourth-order valence-electron chi connectivity index (χ4n) is 0.156. The van der Waals surface area contributed by atoms with Crippen molar-refractivity contribution in [2.45, 2.75) is 0 Å². The molecule has 0 aromatic carbocycles. The molecule has 0 atom stereocenters. The molecule has 5 heteroatoms. The third-order valence-corrected chi connectivity index (χ3v) is 1.48. The average molecular weight is 187 g/mol. The molecule has 54 valence electrons. The van der Waals surface area contributed by atoms with Crippen LogP contribution in [0.15, 0.2) is 11.6 Å². The van der Waals surface area contributed by atoms with Gasteiger partial charge in [-0.1, -0.05) is 29.9 Å². The molecule has 0 bridgehead atoms. The number of thioether (sulfide) groups is 1. The molecule has 0 rings (SSSR count). The summed E-state index contributed by atoms with van der Waals surface area (Å²) >= 11 is 6.52. The van der Waals surface area contributed by atoms with E-state index < -0.39 is 0 Å². The molecular weight excluding hydrogens is 179 g/mol. The summed E-state index contributed by atoms with van der Waals surface area (Å²) in [6.07, 6.45) is 0. The van der Waals surface area contributed by atoms with E-state index in [0.29, 0.717) is 10.8 Å². The number of rotatable bonds is 2. The zero-order valence-corrected chi connectivity index (χ0v) is 7.07. The van der Waals surface area contributed by atoms with Crippen molar-refractivity contribution >= 4 is 40.9 Å². The molecular formula is C4H8Cl2N2S. The van der Waals surface area contributed by atoms with Crippen LogP contribution in [0.1, 0.15) is 0 Å². The molecule has 0 saturated heterocycles. The van der Waals surface area contributed by atoms with Crippen LogP contribution in [-0.2, 0) is 0 Å². The summed E-state index contributed by atoms with van der Waals surface area (Å²) in [6, 6.07) is 0. The number of nitrogens with two attached hydrogens (primary N) is 1. The van der Waals surface area contributed by atoms with Crippen LogP contribution in [0.2, 0.25) is 0 Å². The van der Waals surface area contributed by atoms with Crippen molar-refractivity contribution in [3.8, 4) is 0 Å². The first kappa shape index (κ1) is 11.9. The van der Waals surface area contributed by atoms with E-state index in [-0.39, 0.29) is 17.6 Å². The van der Waals surface area contributed by atoms with Gasteiger partial charge in [0.25, 0.3) is 0 Å². The second-order valence-electron chi connectivity index (χ2n) is 1.17. The summed E-state index contributed by atoms with van der Waals surface area (Å²) in [6.45, 7) is 3.42. The Morgan fingerprint density at radius 2 is 2.22 bits per heavy atom. The number of hydrogen-bond acceptors (Lipinski definition) is 2. The van der Waals surface area contributed by atoms with Gasteiger partial charge in [0.1, 0.15) is 0 Å². The van der Waals surface area contributed by atoms with Crippen molar-refractivity contribution < 1.29 is 0 Å². The van der Waals surface area contributed by atoms with E-state index >= 15 is 0 Å². The zero-order valence-electron chi connectivity index (χ0n) is 4.69. The van der Waals surface area contributed by atoms with Crippen LogP contribution in [0.5, 0.6) is 0 Å². The molecule has 0 aromatic heterocycles. The molecule has 0 saturated carbocycles. The van der Waals surface area contributed by atoms with E-state index in [2.05, 4.69) is 6.58 Å². The van der Waals surface area contributed by atoms with Crippen molar-refractivity contribution in [1.82, 2.24) is 0 Å². The Hall–Kier alpha value is 0.140. The van der Waals surface area contributed by atoms with Gasteiger partial charge >= 0.3 is 0 Å². The second-order valence-corrected chi connectivity index (χ2v) is 2.72. The fraction of sp³-hybridized carbons (Fsp3) is 0.250. The monoisotopic (exact) mass is 186 g/mol. The molecule has 0 amide bonds. The summed E-state index contributed by atoms with van der Waals surface area (Å²) in [5.74, 6) is 0.525. The van der Waals surface area contributed by atoms with Crippen LogP contribution < -0.4 is 5.73 Å². The highest BCUT2D eigenvalue weighted by Crippen LogP contribution is 2.07. The van der Waals surface area contributed by atoms with E-state index in [1.165, 1.54) is 11.8 Å². The molecule has 0 aliphatic carbocycles. The molecule has 0 fully saturated rings. The van der Waals surface area contributed by atoms with Crippen molar-refractivity contribution in [2.75, 3.05) is 5.75 Å². The lowest BCUT2D eigenvalue weighted by Crippen LogP contribution is -2.04. The van der Waals surface area contributed by atoms with Gasteiger partial charge in [-0.3, -0.25) is 5.41 Å². The van der Waals surface area contributed by atoms with Gasteiger partial charge in [0.15, 0.2) is 5.17 Å². The molecule has 0 radical (unpaired) electrons. The van der Waals surface area contributed by atoms with Crippen LogP contribution in [0, 0.1) is 5.41 Å². The Morgan fingerprint density at radius 3 is 2.33 bits per heavy atom. The third kappa shape index (κ3) is 11.6. The number of nitrogens with one attached hydrogen (secondary N) is 1. The van der Waals surface area contributed by atoms with Crippen LogP contribution in [0.4, 0.5) is 0 Å². The normalized spacial score (nSPS) is 7.67. The minimum absolute atomic E-state index is 0. The SMILES string of the molecule is C=C(Cl)CSC(=N)N.Cl. The number of halogens is 2. The standard InChI is InChI=1S/C4H7ClN2S.ClH/c1-3(5)2-8-4(6)7;/h1-2H2,(H3,6,7);1H. The van der Waals surface area contributed by atoms with E-state index in [9.17, 15) is 0 Å². The second kappa shape index (κ2) is 6.26. The number of hydrogen-bond donors (Lipinski definition) is 2. The summed E-state index contributed by atoms with van der Waals surface area (Å²) < 4.78 is 0. The topological polar surface area (TPSA) is 49.9 Å². The first-order chi connectivity index (χ1) is 3.63. The first-order valence-corrected chi connectivity index (χ1v) is 3.29. The quantitative estimate of drug-likeness (QED) is 0.511. The van der Waals surface area contributed by atoms with Crippen molar-refractivity contribution in [3.05, 3.63) is 11.6 Å². The largest absolute Gasteiger partial charge is 0.379 e. The highest BCUT2D eigenvalue weighted by atomic mass is 35.5. The smallest absolute Gasteiger partial charge is 0.151 e. The third-order valence-electron chi connectivity index (χ3n) is 0.384. The number of amidine groups is 1. The minimum Gasteiger partial charge on any atom is -0.379 e. The Labute approximate surface area is 69.7 Å². The minimum atomic E-state index is 0. The average Bonchev–Trinajstić information content (AvgIpc) is 1.61. The highest BCUT2D eigenvalue weighted by molar-refractivity contribution is 8.13. The predicted molar refractivity (Wildman–Crippen MR) is 46.6 cm³/mol.